The molecular formula is C26H34O7. The fourth-order valence-electron chi connectivity index (χ4n) is 3.12. The molecule has 0 aliphatic rings. The lowest BCUT2D eigenvalue weighted by atomic mass is 9.93. The molecule has 7 heteroatoms. The minimum atomic E-state index is -1.67. The maximum Gasteiger partial charge on any atom is 0.336 e. The van der Waals surface area contributed by atoms with E-state index in [-0.39, 0.29) is 6.42 Å². The largest absolute Gasteiger partial charge is 0.493 e. The summed E-state index contributed by atoms with van der Waals surface area (Å²) in [4.78, 5) is 25.2. The van der Waals surface area contributed by atoms with E-state index in [2.05, 4.69) is 0 Å². The number of carbonyl (C=O) groups excluding carboxylic acids is 2. The first-order chi connectivity index (χ1) is 15.5. The van der Waals surface area contributed by atoms with Crippen LogP contribution in [-0.4, -0.2) is 42.0 Å². The van der Waals surface area contributed by atoms with E-state index in [1.165, 1.54) is 7.11 Å². The van der Waals surface area contributed by atoms with Crippen molar-refractivity contribution < 1.29 is 33.6 Å². The van der Waals surface area contributed by atoms with Gasteiger partial charge in [-0.05, 0) is 64.3 Å². The number of rotatable bonds is 10. The highest BCUT2D eigenvalue weighted by Gasteiger charge is 2.37. The van der Waals surface area contributed by atoms with Gasteiger partial charge in [-0.2, -0.15) is 0 Å². The second-order valence-corrected chi connectivity index (χ2v) is 9.03. The smallest absolute Gasteiger partial charge is 0.336 e. The van der Waals surface area contributed by atoms with Gasteiger partial charge in [-0.3, -0.25) is 4.79 Å². The number of methoxy groups -OCH3 is 1. The lowest BCUT2D eigenvalue weighted by Gasteiger charge is -2.26. The first kappa shape index (κ1) is 26.2. The molecule has 0 aliphatic heterocycles. The van der Waals surface area contributed by atoms with Gasteiger partial charge in [0.1, 0.15) is 12.2 Å². The Morgan fingerprint density at radius 1 is 0.939 bits per heavy atom. The van der Waals surface area contributed by atoms with Gasteiger partial charge in [0.05, 0.1) is 19.1 Å². The van der Waals surface area contributed by atoms with Gasteiger partial charge < -0.3 is 24.1 Å². The molecule has 0 aromatic heterocycles. The van der Waals surface area contributed by atoms with Crippen LogP contribution in [0.1, 0.15) is 45.7 Å². The van der Waals surface area contributed by atoms with Crippen LogP contribution < -0.4 is 9.47 Å². The summed E-state index contributed by atoms with van der Waals surface area (Å²) < 4.78 is 21.9. The quantitative estimate of drug-likeness (QED) is 0.536. The lowest BCUT2D eigenvalue weighted by molar-refractivity contribution is -0.175. The van der Waals surface area contributed by atoms with Crippen molar-refractivity contribution in [2.75, 3.05) is 7.11 Å². The van der Waals surface area contributed by atoms with E-state index in [9.17, 15) is 14.7 Å². The van der Waals surface area contributed by atoms with Crippen molar-refractivity contribution in [3.05, 3.63) is 59.7 Å². The van der Waals surface area contributed by atoms with Crippen LogP contribution in [-0.2, 0) is 32.1 Å². The lowest BCUT2D eigenvalue weighted by Crippen LogP contribution is -2.41. The minimum absolute atomic E-state index is 0.0568. The summed E-state index contributed by atoms with van der Waals surface area (Å²) in [6, 6.07) is 15.0. The number of aliphatic hydroxyl groups excluding tert-OH is 1. The molecule has 0 fully saturated rings. The standard InChI is InChI=1S/C26H34O7/c1-17(2)32-24(28)20(23(27)25(29)33-26(3,4)5)14-19-12-13-21(22(15-19)30-6)31-16-18-10-8-7-9-11-18/h7-13,15,17,20,23,27H,14,16H2,1-6H3/t20-,23+/m1/s1. The zero-order valence-electron chi connectivity index (χ0n) is 20.2. The molecule has 0 saturated carbocycles. The van der Waals surface area contributed by atoms with Gasteiger partial charge in [0, 0.05) is 0 Å². The Balaban J connectivity index is 2.21. The first-order valence-electron chi connectivity index (χ1n) is 10.9. The van der Waals surface area contributed by atoms with Crippen LogP contribution in [0.3, 0.4) is 0 Å². The van der Waals surface area contributed by atoms with Gasteiger partial charge in [0.2, 0.25) is 0 Å². The number of hydrogen-bond donors (Lipinski definition) is 1. The number of benzene rings is 2. The predicted molar refractivity (Wildman–Crippen MR) is 124 cm³/mol. The third kappa shape index (κ3) is 8.42. The highest BCUT2D eigenvalue weighted by Crippen LogP contribution is 2.30. The summed E-state index contributed by atoms with van der Waals surface area (Å²) in [5, 5.41) is 10.6. The Hall–Kier alpha value is -3.06. The molecular weight excluding hydrogens is 424 g/mol. The maximum atomic E-state index is 12.7. The van der Waals surface area contributed by atoms with E-state index in [1.807, 2.05) is 30.3 Å². The highest BCUT2D eigenvalue weighted by molar-refractivity contribution is 5.84. The van der Waals surface area contributed by atoms with Crippen LogP contribution in [0.25, 0.3) is 0 Å². The van der Waals surface area contributed by atoms with Gasteiger partial charge in [-0.25, -0.2) is 4.79 Å². The molecule has 2 aromatic carbocycles. The van der Waals surface area contributed by atoms with E-state index < -0.39 is 35.7 Å². The Kier molecular flexibility index (Phi) is 9.29. The van der Waals surface area contributed by atoms with Gasteiger partial charge in [-0.15, -0.1) is 0 Å². The average Bonchev–Trinajstić information content (AvgIpc) is 2.74. The first-order valence-corrected chi connectivity index (χ1v) is 10.9. The Labute approximate surface area is 195 Å². The van der Waals surface area contributed by atoms with E-state index in [0.29, 0.717) is 23.7 Å². The van der Waals surface area contributed by atoms with Crippen molar-refractivity contribution in [1.82, 2.24) is 0 Å². The molecule has 0 unspecified atom stereocenters. The monoisotopic (exact) mass is 458 g/mol. The third-order valence-electron chi connectivity index (χ3n) is 4.60. The van der Waals surface area contributed by atoms with Crippen LogP contribution in [0, 0.1) is 5.92 Å². The fourth-order valence-corrected chi connectivity index (χ4v) is 3.12. The molecule has 33 heavy (non-hydrogen) atoms. The van der Waals surface area contributed by atoms with Crippen LogP contribution in [0.15, 0.2) is 48.5 Å². The molecule has 0 aliphatic carbocycles. The molecule has 0 amide bonds. The molecule has 1 N–H and O–H groups in total. The number of hydrogen-bond acceptors (Lipinski definition) is 7. The second kappa shape index (κ2) is 11.7. The van der Waals surface area contributed by atoms with Gasteiger partial charge in [-0.1, -0.05) is 36.4 Å². The molecule has 2 atom stereocenters. The molecule has 0 heterocycles. The van der Waals surface area contributed by atoms with Crippen molar-refractivity contribution in [3.63, 3.8) is 0 Å². The van der Waals surface area contributed by atoms with E-state index in [0.717, 1.165) is 5.56 Å². The van der Waals surface area contributed by atoms with Crippen molar-refractivity contribution >= 4 is 11.9 Å². The fraction of sp³-hybridized carbons (Fsp3) is 0.462. The molecule has 2 aromatic rings. The molecule has 0 bridgehead atoms. The topological polar surface area (TPSA) is 91.3 Å². The molecule has 2 rings (SSSR count). The van der Waals surface area contributed by atoms with Crippen molar-refractivity contribution in [2.24, 2.45) is 5.92 Å². The second-order valence-electron chi connectivity index (χ2n) is 9.03. The SMILES string of the molecule is COc1cc(C[C@@H](C(=O)OC(C)C)[C@H](O)C(=O)OC(C)(C)C)ccc1OCc1ccccc1. The summed E-state index contributed by atoms with van der Waals surface area (Å²) >= 11 is 0. The molecule has 0 saturated heterocycles. The van der Waals surface area contributed by atoms with Crippen LogP contribution in [0.4, 0.5) is 0 Å². The zero-order chi connectivity index (χ0) is 24.6. The van der Waals surface area contributed by atoms with Crippen molar-refractivity contribution in [3.8, 4) is 11.5 Å². The van der Waals surface area contributed by atoms with Gasteiger partial charge in [0.15, 0.2) is 17.6 Å². The summed E-state index contributed by atoms with van der Waals surface area (Å²) in [5.74, 6) is -1.66. The summed E-state index contributed by atoms with van der Waals surface area (Å²) in [7, 11) is 1.52. The highest BCUT2D eigenvalue weighted by atomic mass is 16.6. The van der Waals surface area contributed by atoms with E-state index >= 15 is 0 Å². The molecule has 180 valence electrons. The minimum Gasteiger partial charge on any atom is -0.493 e. The van der Waals surface area contributed by atoms with E-state index in [1.54, 1.807) is 52.8 Å². The average molecular weight is 459 g/mol. The van der Waals surface area contributed by atoms with Gasteiger partial charge in [0.25, 0.3) is 0 Å². The number of carbonyl (C=O) groups is 2. The Bertz CT molecular complexity index is 916. The number of aliphatic hydroxyl groups is 1. The maximum absolute atomic E-state index is 12.7. The number of ether oxygens (including phenoxy) is 4. The normalized spacial score (nSPS) is 13.2. The Morgan fingerprint density at radius 2 is 1.61 bits per heavy atom. The molecule has 0 spiro atoms. The predicted octanol–water partition coefficient (Wildman–Crippen LogP) is 4.09. The van der Waals surface area contributed by atoms with Crippen molar-refractivity contribution in [2.45, 2.75) is 65.5 Å². The molecule has 0 radical (unpaired) electrons. The van der Waals surface area contributed by atoms with Crippen LogP contribution in [0.5, 0.6) is 11.5 Å². The summed E-state index contributed by atoms with van der Waals surface area (Å²) in [5.41, 5.74) is 0.888. The van der Waals surface area contributed by atoms with Crippen LogP contribution >= 0.6 is 0 Å². The van der Waals surface area contributed by atoms with Crippen molar-refractivity contribution in [1.29, 1.82) is 0 Å². The van der Waals surface area contributed by atoms with Gasteiger partial charge >= 0.3 is 11.9 Å². The summed E-state index contributed by atoms with van der Waals surface area (Å²) in [6.45, 7) is 8.86. The number of esters is 2. The third-order valence-corrected chi connectivity index (χ3v) is 4.60. The van der Waals surface area contributed by atoms with Crippen LogP contribution in [0.2, 0.25) is 0 Å². The van der Waals surface area contributed by atoms with E-state index in [4.69, 9.17) is 18.9 Å². The summed E-state index contributed by atoms with van der Waals surface area (Å²) in [6.07, 6.45) is -2.01. The Morgan fingerprint density at radius 3 is 2.18 bits per heavy atom. The molecule has 7 nitrogen and oxygen atoms in total. The zero-order valence-corrected chi connectivity index (χ0v) is 20.2.